The van der Waals surface area contributed by atoms with Crippen LogP contribution in [0.5, 0.6) is 0 Å². The van der Waals surface area contributed by atoms with E-state index in [1.165, 1.54) is 6.33 Å². The van der Waals surface area contributed by atoms with Crippen LogP contribution in [-0.4, -0.2) is 71.3 Å². The summed E-state index contributed by atoms with van der Waals surface area (Å²) in [5.41, 5.74) is 1.13. The molecule has 1 fully saturated rings. The minimum absolute atomic E-state index is 0.0531. The van der Waals surface area contributed by atoms with Crippen LogP contribution in [0.2, 0.25) is 5.02 Å². The molecule has 1 aliphatic rings. The van der Waals surface area contributed by atoms with Gasteiger partial charge >= 0.3 is 0 Å². The maximum atomic E-state index is 12.5. The van der Waals surface area contributed by atoms with E-state index >= 15 is 0 Å². The van der Waals surface area contributed by atoms with Gasteiger partial charge in [0.2, 0.25) is 5.91 Å². The Morgan fingerprint density at radius 2 is 1.89 bits per heavy atom. The first-order valence-electron chi connectivity index (χ1n) is 9.12. The number of aryl methyl sites for hydroxylation is 1. The van der Waals surface area contributed by atoms with Crippen molar-refractivity contribution >= 4 is 29.2 Å². The highest BCUT2D eigenvalue weighted by Crippen LogP contribution is 2.19. The first kappa shape index (κ1) is 19.9. The van der Waals surface area contributed by atoms with Crippen molar-refractivity contribution in [3.05, 3.63) is 41.4 Å². The predicted molar refractivity (Wildman–Crippen MR) is 109 cm³/mol. The topological polar surface area (TPSA) is 90.7 Å². The van der Waals surface area contributed by atoms with Crippen LogP contribution in [0.25, 0.3) is 0 Å². The number of anilines is 1. The van der Waals surface area contributed by atoms with Gasteiger partial charge in [0.05, 0.1) is 13.1 Å². The van der Waals surface area contributed by atoms with Crippen molar-refractivity contribution < 1.29 is 4.79 Å². The number of piperazine rings is 1. The summed E-state index contributed by atoms with van der Waals surface area (Å²) >= 11 is 5.95. The monoisotopic (exact) mass is 404 g/mol. The molecule has 1 aliphatic heterocycles. The number of hydrogen-bond donors (Lipinski definition) is 2. The first-order chi connectivity index (χ1) is 13.6. The number of nitrogens with one attached hydrogen (secondary N) is 2. The van der Waals surface area contributed by atoms with Crippen molar-refractivity contribution in [2.45, 2.75) is 6.54 Å². The fraction of sp³-hybridized carbons (Fsp3) is 0.444. The molecule has 0 radical (unpaired) electrons. The molecule has 10 heteroatoms. The lowest BCUT2D eigenvalue weighted by Gasteiger charge is -2.36. The lowest BCUT2D eigenvalue weighted by Crippen LogP contribution is -2.52. The molecule has 150 valence electrons. The molecule has 0 atom stereocenters. The first-order valence-corrected chi connectivity index (χ1v) is 9.50. The minimum atomic E-state index is 0.0531. The number of benzene rings is 1. The molecule has 1 aromatic carbocycles. The number of amides is 1. The maximum Gasteiger partial charge on any atom is 0.242 e. The molecule has 1 saturated heterocycles. The third-order valence-electron chi connectivity index (χ3n) is 4.67. The van der Waals surface area contributed by atoms with Gasteiger partial charge in [-0.05, 0) is 24.3 Å². The van der Waals surface area contributed by atoms with Crippen LogP contribution in [0.4, 0.5) is 5.69 Å². The Morgan fingerprint density at radius 1 is 1.18 bits per heavy atom. The Hall–Kier alpha value is -2.81. The normalized spacial score (nSPS) is 14.9. The summed E-state index contributed by atoms with van der Waals surface area (Å²) < 4.78 is 1.69. The number of guanidine groups is 1. The lowest BCUT2D eigenvalue weighted by atomic mass is 10.2. The van der Waals surface area contributed by atoms with E-state index in [9.17, 15) is 4.79 Å². The van der Waals surface area contributed by atoms with E-state index in [1.54, 1.807) is 11.7 Å². The van der Waals surface area contributed by atoms with Crippen LogP contribution >= 0.6 is 11.6 Å². The maximum absolute atomic E-state index is 12.5. The predicted octanol–water partition coefficient (Wildman–Crippen LogP) is 0.482. The molecular formula is C18H25ClN8O. The van der Waals surface area contributed by atoms with E-state index in [0.717, 1.165) is 29.6 Å². The number of halogens is 1. The quantitative estimate of drug-likeness (QED) is 0.556. The number of aliphatic imine (C=N–C) groups is 1. The van der Waals surface area contributed by atoms with E-state index in [1.807, 2.05) is 36.2 Å². The van der Waals surface area contributed by atoms with Gasteiger partial charge in [-0.15, -0.1) is 0 Å². The standard InChI is InChI=1S/C18H25ClN8O/c1-20-18(21-11-16-23-13-24-25(16)2)22-12-17(28)27-9-7-26(8-10-27)15-5-3-14(19)4-6-15/h3-6,13H,7-12H2,1-2H3,(H2,20,21,22). The van der Waals surface area contributed by atoms with Crippen molar-refractivity contribution in [3.63, 3.8) is 0 Å². The fourth-order valence-electron chi connectivity index (χ4n) is 3.00. The Labute approximate surface area is 169 Å². The number of carbonyl (C=O) groups is 1. The molecular weight excluding hydrogens is 380 g/mol. The number of rotatable bonds is 5. The van der Waals surface area contributed by atoms with Crippen LogP contribution in [0.3, 0.4) is 0 Å². The summed E-state index contributed by atoms with van der Waals surface area (Å²) in [5.74, 6) is 1.39. The summed E-state index contributed by atoms with van der Waals surface area (Å²) in [6.45, 7) is 3.64. The highest BCUT2D eigenvalue weighted by Gasteiger charge is 2.21. The van der Waals surface area contributed by atoms with Crippen LogP contribution in [0.1, 0.15) is 5.82 Å². The summed E-state index contributed by atoms with van der Waals surface area (Å²) in [6, 6.07) is 7.79. The molecule has 28 heavy (non-hydrogen) atoms. The van der Waals surface area contributed by atoms with Crippen LogP contribution < -0.4 is 15.5 Å². The van der Waals surface area contributed by atoms with Gasteiger partial charge in [-0.2, -0.15) is 5.10 Å². The Morgan fingerprint density at radius 3 is 2.50 bits per heavy atom. The second kappa shape index (κ2) is 9.41. The van der Waals surface area contributed by atoms with Crippen molar-refractivity contribution in [2.24, 2.45) is 12.0 Å². The highest BCUT2D eigenvalue weighted by molar-refractivity contribution is 6.30. The van der Waals surface area contributed by atoms with Crippen molar-refractivity contribution in [1.29, 1.82) is 0 Å². The van der Waals surface area contributed by atoms with Gasteiger partial charge in [0.15, 0.2) is 5.96 Å². The van der Waals surface area contributed by atoms with Gasteiger partial charge in [-0.25, -0.2) is 4.98 Å². The van der Waals surface area contributed by atoms with E-state index in [-0.39, 0.29) is 12.5 Å². The summed E-state index contributed by atoms with van der Waals surface area (Å²) in [5, 5.41) is 10.9. The van der Waals surface area contributed by atoms with Crippen molar-refractivity contribution in [1.82, 2.24) is 30.3 Å². The molecule has 1 amide bonds. The molecule has 0 unspecified atom stereocenters. The summed E-state index contributed by atoms with van der Waals surface area (Å²) in [6.07, 6.45) is 1.50. The molecule has 2 heterocycles. The van der Waals surface area contributed by atoms with E-state index < -0.39 is 0 Å². The molecule has 2 aromatic rings. The lowest BCUT2D eigenvalue weighted by molar-refractivity contribution is -0.130. The molecule has 2 N–H and O–H groups in total. The van der Waals surface area contributed by atoms with Crippen LogP contribution in [0, 0.1) is 0 Å². The van der Waals surface area contributed by atoms with Gasteiger partial charge in [-0.3, -0.25) is 14.5 Å². The van der Waals surface area contributed by atoms with E-state index in [2.05, 4.69) is 30.6 Å². The SMILES string of the molecule is CN=C(NCC(=O)N1CCN(c2ccc(Cl)cc2)CC1)NCc1ncnn1C. The zero-order valence-electron chi connectivity index (χ0n) is 16.1. The second-order valence-electron chi connectivity index (χ2n) is 6.42. The zero-order valence-corrected chi connectivity index (χ0v) is 16.9. The van der Waals surface area contributed by atoms with E-state index in [0.29, 0.717) is 25.6 Å². The molecule has 9 nitrogen and oxygen atoms in total. The zero-order chi connectivity index (χ0) is 19.9. The molecule has 0 spiro atoms. The third kappa shape index (κ3) is 5.13. The van der Waals surface area contributed by atoms with Gasteiger partial charge < -0.3 is 20.4 Å². The fourth-order valence-corrected chi connectivity index (χ4v) is 3.13. The summed E-state index contributed by atoms with van der Waals surface area (Å²) in [4.78, 5) is 24.9. The number of carbonyl (C=O) groups excluding carboxylic acids is 1. The Bertz CT molecular complexity index is 811. The summed E-state index contributed by atoms with van der Waals surface area (Å²) in [7, 11) is 3.49. The highest BCUT2D eigenvalue weighted by atomic mass is 35.5. The van der Waals surface area contributed by atoms with Crippen LogP contribution in [-0.2, 0) is 18.4 Å². The number of aromatic nitrogens is 3. The largest absolute Gasteiger partial charge is 0.368 e. The molecule has 0 aliphatic carbocycles. The van der Waals surface area contributed by atoms with Crippen molar-refractivity contribution in [2.75, 3.05) is 44.7 Å². The van der Waals surface area contributed by atoms with Gasteiger partial charge in [0.1, 0.15) is 12.2 Å². The van der Waals surface area contributed by atoms with Gasteiger partial charge in [0, 0.05) is 51.0 Å². The molecule has 1 aromatic heterocycles. The van der Waals surface area contributed by atoms with Crippen molar-refractivity contribution in [3.8, 4) is 0 Å². The van der Waals surface area contributed by atoms with Gasteiger partial charge in [-0.1, -0.05) is 11.6 Å². The molecule has 0 bridgehead atoms. The average Bonchev–Trinajstić information content (AvgIpc) is 3.13. The number of hydrogen-bond acceptors (Lipinski definition) is 5. The second-order valence-corrected chi connectivity index (χ2v) is 6.86. The molecule has 3 rings (SSSR count). The average molecular weight is 405 g/mol. The minimum Gasteiger partial charge on any atom is -0.368 e. The smallest absolute Gasteiger partial charge is 0.242 e. The van der Waals surface area contributed by atoms with E-state index in [4.69, 9.17) is 11.6 Å². The van der Waals surface area contributed by atoms with Gasteiger partial charge in [0.25, 0.3) is 0 Å². The third-order valence-corrected chi connectivity index (χ3v) is 4.93. The Balaban J connectivity index is 1.42. The number of nitrogens with zero attached hydrogens (tertiary/aromatic N) is 6. The Kier molecular flexibility index (Phi) is 6.70. The van der Waals surface area contributed by atoms with Crippen LogP contribution in [0.15, 0.2) is 35.6 Å². The molecule has 0 saturated carbocycles.